The summed E-state index contributed by atoms with van der Waals surface area (Å²) in [6.45, 7) is 8.50. The average Bonchev–Trinajstić information content (AvgIpc) is 3.03. The first-order chi connectivity index (χ1) is 10.8. The van der Waals surface area contributed by atoms with Crippen molar-refractivity contribution in [2.75, 3.05) is 45.9 Å². The molecule has 2 aliphatic heterocycles. The van der Waals surface area contributed by atoms with Crippen LogP contribution < -0.4 is 5.32 Å². The first-order valence-electron chi connectivity index (χ1n) is 8.03. The van der Waals surface area contributed by atoms with E-state index in [4.69, 9.17) is 4.74 Å². The van der Waals surface area contributed by atoms with Crippen LogP contribution in [0.4, 0.5) is 0 Å². The number of carbonyl (C=O) groups is 1. The molecular weight excluding hydrogens is 300 g/mol. The molecule has 122 valence electrons. The van der Waals surface area contributed by atoms with E-state index in [9.17, 15) is 4.79 Å². The number of nitrogens with one attached hydrogen (secondary N) is 1. The summed E-state index contributed by atoms with van der Waals surface area (Å²) < 4.78 is 5.55. The van der Waals surface area contributed by atoms with Gasteiger partial charge in [-0.3, -0.25) is 9.69 Å². The number of carbonyl (C=O) groups excluding carboxylic acids is 1. The highest BCUT2D eigenvalue weighted by Crippen LogP contribution is 2.14. The second kappa shape index (κ2) is 7.50. The molecule has 1 N–H and O–H groups in total. The van der Waals surface area contributed by atoms with Crippen molar-refractivity contribution in [1.82, 2.24) is 20.1 Å². The number of aryl methyl sites for hydroxylation is 1. The molecule has 6 nitrogen and oxygen atoms in total. The van der Waals surface area contributed by atoms with Crippen LogP contribution in [0.1, 0.15) is 17.6 Å². The maximum Gasteiger partial charge on any atom is 0.253 e. The predicted molar refractivity (Wildman–Crippen MR) is 86.0 cm³/mol. The fourth-order valence-electron chi connectivity index (χ4n) is 2.87. The zero-order chi connectivity index (χ0) is 15.4. The lowest BCUT2D eigenvalue weighted by molar-refractivity contribution is -0.147. The summed E-state index contributed by atoms with van der Waals surface area (Å²) in [4.78, 5) is 21.3. The third kappa shape index (κ3) is 3.84. The summed E-state index contributed by atoms with van der Waals surface area (Å²) in [5, 5.41) is 6.56. The van der Waals surface area contributed by atoms with E-state index < -0.39 is 0 Å². The molecule has 2 fully saturated rings. The number of hydrogen-bond acceptors (Lipinski definition) is 6. The summed E-state index contributed by atoms with van der Waals surface area (Å²) in [6, 6.07) is 0. The molecule has 3 rings (SSSR count). The van der Waals surface area contributed by atoms with E-state index >= 15 is 0 Å². The van der Waals surface area contributed by atoms with Gasteiger partial charge in [-0.25, -0.2) is 4.98 Å². The quantitative estimate of drug-likeness (QED) is 0.865. The van der Waals surface area contributed by atoms with Crippen molar-refractivity contribution in [3.8, 4) is 0 Å². The first-order valence-corrected chi connectivity index (χ1v) is 8.91. The minimum atomic E-state index is -0.300. The van der Waals surface area contributed by atoms with Crippen LogP contribution in [-0.2, 0) is 22.5 Å². The molecule has 7 heteroatoms. The molecule has 0 saturated carbocycles. The number of rotatable bonds is 4. The van der Waals surface area contributed by atoms with Crippen molar-refractivity contribution in [2.45, 2.75) is 26.0 Å². The number of nitrogens with zero attached hydrogens (tertiary/aromatic N) is 3. The van der Waals surface area contributed by atoms with Gasteiger partial charge in [-0.15, -0.1) is 11.3 Å². The summed E-state index contributed by atoms with van der Waals surface area (Å²) in [7, 11) is 0. The van der Waals surface area contributed by atoms with Crippen molar-refractivity contribution in [1.29, 1.82) is 0 Å². The molecule has 22 heavy (non-hydrogen) atoms. The molecule has 1 amide bonds. The van der Waals surface area contributed by atoms with Gasteiger partial charge in [0.25, 0.3) is 5.91 Å². The Morgan fingerprint density at radius 2 is 2.27 bits per heavy atom. The van der Waals surface area contributed by atoms with Crippen molar-refractivity contribution in [2.24, 2.45) is 0 Å². The Hall–Kier alpha value is -1.02. The fourth-order valence-corrected chi connectivity index (χ4v) is 3.60. The van der Waals surface area contributed by atoms with Gasteiger partial charge in [-0.2, -0.15) is 0 Å². The van der Waals surface area contributed by atoms with Gasteiger partial charge in [0.1, 0.15) is 6.10 Å². The average molecular weight is 324 g/mol. The van der Waals surface area contributed by atoms with Crippen LogP contribution in [0.3, 0.4) is 0 Å². The molecule has 0 spiro atoms. The normalized spacial score (nSPS) is 23.7. The van der Waals surface area contributed by atoms with Crippen LogP contribution in [0.25, 0.3) is 0 Å². The molecule has 1 aromatic rings. The maximum absolute atomic E-state index is 12.4. The van der Waals surface area contributed by atoms with Crippen LogP contribution >= 0.6 is 11.3 Å². The molecular formula is C15H24N4O2S. The highest BCUT2D eigenvalue weighted by Gasteiger charge is 2.29. The van der Waals surface area contributed by atoms with Gasteiger partial charge in [-0.05, 0) is 6.42 Å². The molecule has 0 radical (unpaired) electrons. The molecule has 2 saturated heterocycles. The summed E-state index contributed by atoms with van der Waals surface area (Å²) in [5.74, 6) is 0.133. The molecule has 2 aliphatic rings. The van der Waals surface area contributed by atoms with Gasteiger partial charge >= 0.3 is 0 Å². The van der Waals surface area contributed by atoms with Crippen LogP contribution in [0, 0.1) is 0 Å². The number of ether oxygens (including phenoxy) is 1. The minimum absolute atomic E-state index is 0.133. The number of thiazole rings is 1. The van der Waals surface area contributed by atoms with E-state index in [0.29, 0.717) is 13.2 Å². The number of morpholine rings is 1. The lowest BCUT2D eigenvalue weighted by Crippen LogP contribution is -2.54. The molecule has 1 aromatic heterocycles. The van der Waals surface area contributed by atoms with Crippen LogP contribution in [0.5, 0.6) is 0 Å². The third-order valence-electron chi connectivity index (χ3n) is 4.17. The molecule has 0 bridgehead atoms. The Labute approximate surface area is 135 Å². The summed E-state index contributed by atoms with van der Waals surface area (Å²) in [5.41, 5.74) is 1.15. The fraction of sp³-hybridized carbons (Fsp3) is 0.733. The lowest BCUT2D eigenvalue weighted by Gasteiger charge is -2.36. The third-order valence-corrected chi connectivity index (χ3v) is 5.22. The van der Waals surface area contributed by atoms with Crippen molar-refractivity contribution in [3.05, 3.63) is 16.1 Å². The second-order valence-corrected chi connectivity index (χ2v) is 6.69. The van der Waals surface area contributed by atoms with E-state index in [-0.39, 0.29) is 12.0 Å². The maximum atomic E-state index is 12.4. The van der Waals surface area contributed by atoms with E-state index in [0.717, 1.165) is 51.4 Å². The Kier molecular flexibility index (Phi) is 5.41. The molecule has 3 heterocycles. The van der Waals surface area contributed by atoms with Crippen LogP contribution in [0.2, 0.25) is 0 Å². The molecule has 1 atom stereocenters. The van der Waals surface area contributed by atoms with Gasteiger partial charge in [0.2, 0.25) is 0 Å². The zero-order valence-corrected chi connectivity index (χ0v) is 13.9. The van der Waals surface area contributed by atoms with Gasteiger partial charge in [0.15, 0.2) is 0 Å². The lowest BCUT2D eigenvalue weighted by atomic mass is 10.2. The minimum Gasteiger partial charge on any atom is -0.366 e. The Balaban J connectivity index is 1.46. The number of piperazine rings is 1. The van der Waals surface area contributed by atoms with Gasteiger partial charge < -0.3 is 15.0 Å². The molecule has 0 aromatic carbocycles. The predicted octanol–water partition coefficient (Wildman–Crippen LogP) is 0.338. The second-order valence-electron chi connectivity index (χ2n) is 5.75. The van der Waals surface area contributed by atoms with Gasteiger partial charge in [-0.1, -0.05) is 6.92 Å². The van der Waals surface area contributed by atoms with E-state index in [1.54, 1.807) is 11.3 Å². The Bertz CT molecular complexity index is 493. The highest BCUT2D eigenvalue weighted by atomic mass is 32.1. The van der Waals surface area contributed by atoms with Gasteiger partial charge in [0, 0.05) is 51.2 Å². The van der Waals surface area contributed by atoms with E-state index in [1.165, 1.54) is 5.01 Å². The molecule has 1 unspecified atom stereocenters. The smallest absolute Gasteiger partial charge is 0.253 e. The standard InChI is InChI=1S/C15H24N4O2S/c1-2-14-17-12(11-22-14)10-18-4-6-19(7-5-18)15(20)13-9-16-3-8-21-13/h11,13,16H,2-10H2,1H3. The van der Waals surface area contributed by atoms with E-state index in [1.807, 2.05) is 4.90 Å². The summed E-state index contributed by atoms with van der Waals surface area (Å²) in [6.07, 6.45) is 0.702. The van der Waals surface area contributed by atoms with E-state index in [2.05, 4.69) is 27.5 Å². The number of amides is 1. The van der Waals surface area contributed by atoms with Crippen LogP contribution in [-0.4, -0.2) is 72.7 Å². The summed E-state index contributed by atoms with van der Waals surface area (Å²) >= 11 is 1.74. The molecule has 0 aliphatic carbocycles. The highest BCUT2D eigenvalue weighted by molar-refractivity contribution is 7.09. The largest absolute Gasteiger partial charge is 0.366 e. The first kappa shape index (κ1) is 15.9. The Morgan fingerprint density at radius 1 is 1.45 bits per heavy atom. The topological polar surface area (TPSA) is 57.7 Å². The van der Waals surface area contributed by atoms with Gasteiger partial charge in [0.05, 0.1) is 17.3 Å². The monoisotopic (exact) mass is 324 g/mol. The number of aromatic nitrogens is 1. The van der Waals surface area contributed by atoms with Crippen molar-refractivity contribution >= 4 is 17.2 Å². The number of hydrogen-bond donors (Lipinski definition) is 1. The van der Waals surface area contributed by atoms with Crippen molar-refractivity contribution in [3.63, 3.8) is 0 Å². The Morgan fingerprint density at radius 3 is 2.91 bits per heavy atom. The van der Waals surface area contributed by atoms with Crippen LogP contribution in [0.15, 0.2) is 5.38 Å². The van der Waals surface area contributed by atoms with Crippen molar-refractivity contribution < 1.29 is 9.53 Å². The SMILES string of the molecule is CCc1nc(CN2CCN(C(=O)C3CNCCO3)CC2)cs1. The zero-order valence-electron chi connectivity index (χ0n) is 13.1.